The van der Waals surface area contributed by atoms with E-state index in [0.717, 1.165) is 58.5 Å². The first-order valence-electron chi connectivity index (χ1n) is 12.9. The van der Waals surface area contributed by atoms with E-state index in [1.165, 1.54) is 44.1 Å². The molecule has 5 rings (SSSR count). The first-order chi connectivity index (χ1) is 16.5. The molecule has 2 aliphatic carbocycles. The van der Waals surface area contributed by atoms with Crippen LogP contribution in [0.4, 0.5) is 0 Å². The van der Waals surface area contributed by atoms with Crippen LogP contribution in [0.1, 0.15) is 86.7 Å². The van der Waals surface area contributed by atoms with Gasteiger partial charge in [0.15, 0.2) is 5.17 Å². The number of carbonyl (C=O) groups is 1. The number of hydrogen-bond donors (Lipinski definition) is 0. The Bertz CT molecular complexity index is 1120. The van der Waals surface area contributed by atoms with Gasteiger partial charge in [-0.25, -0.2) is 4.98 Å². The van der Waals surface area contributed by atoms with Gasteiger partial charge in [0.2, 0.25) is 0 Å². The van der Waals surface area contributed by atoms with Crippen molar-refractivity contribution in [1.82, 2.24) is 14.5 Å². The highest BCUT2D eigenvalue weighted by atomic mass is 32.2. The maximum Gasteiger partial charge on any atom is 0.267 e. The Kier molecular flexibility index (Phi) is 6.96. The van der Waals surface area contributed by atoms with Crippen LogP contribution in [0.15, 0.2) is 34.3 Å². The van der Waals surface area contributed by atoms with E-state index in [0.29, 0.717) is 12.1 Å². The van der Waals surface area contributed by atoms with Crippen molar-refractivity contribution in [3.05, 3.63) is 51.8 Å². The van der Waals surface area contributed by atoms with E-state index in [2.05, 4.69) is 53.4 Å². The normalized spacial score (nSPS) is 22.9. The molecule has 34 heavy (non-hydrogen) atoms. The van der Waals surface area contributed by atoms with E-state index in [9.17, 15) is 4.79 Å². The smallest absolute Gasteiger partial charge is 0.267 e. The lowest BCUT2D eigenvalue weighted by Crippen LogP contribution is -2.41. The van der Waals surface area contributed by atoms with Crippen molar-refractivity contribution in [3.63, 3.8) is 0 Å². The topological polar surface area (TPSA) is 50.5 Å². The summed E-state index contributed by atoms with van der Waals surface area (Å²) in [7, 11) is 0. The van der Waals surface area contributed by atoms with Gasteiger partial charge in [0.25, 0.3) is 5.91 Å². The van der Waals surface area contributed by atoms with Crippen LogP contribution >= 0.6 is 11.8 Å². The summed E-state index contributed by atoms with van der Waals surface area (Å²) in [4.78, 5) is 26.3. The molecule has 5 nitrogen and oxygen atoms in total. The largest absolute Gasteiger partial charge is 0.303 e. The minimum Gasteiger partial charge on any atom is -0.303 e. The molecule has 3 fully saturated rings. The van der Waals surface area contributed by atoms with Gasteiger partial charge >= 0.3 is 0 Å². The lowest BCUT2D eigenvalue weighted by atomic mass is 9.94. The molecule has 0 N–H and O–H groups in total. The van der Waals surface area contributed by atoms with Gasteiger partial charge in [0.05, 0.1) is 10.9 Å². The second-order valence-electron chi connectivity index (χ2n) is 10.1. The van der Waals surface area contributed by atoms with Crippen LogP contribution in [0.5, 0.6) is 0 Å². The lowest BCUT2D eigenvalue weighted by molar-refractivity contribution is -0.124. The quantitative estimate of drug-likeness (QED) is 0.459. The fourth-order valence-corrected chi connectivity index (χ4v) is 6.77. The van der Waals surface area contributed by atoms with Crippen LogP contribution in [-0.2, 0) is 4.79 Å². The van der Waals surface area contributed by atoms with Crippen molar-refractivity contribution in [2.24, 2.45) is 4.99 Å². The molecule has 2 aromatic rings. The highest BCUT2D eigenvalue weighted by Gasteiger charge is 2.39. The Hall–Kier alpha value is -2.34. The number of rotatable bonds is 4. The molecule has 0 spiro atoms. The second-order valence-corrected chi connectivity index (χ2v) is 11.1. The second kappa shape index (κ2) is 10.1. The van der Waals surface area contributed by atoms with Crippen LogP contribution in [0, 0.1) is 20.8 Å². The summed E-state index contributed by atoms with van der Waals surface area (Å²) >= 11 is 1.59. The molecule has 2 aromatic heterocycles. The Morgan fingerprint density at radius 2 is 1.71 bits per heavy atom. The van der Waals surface area contributed by atoms with Crippen LogP contribution in [0.25, 0.3) is 11.9 Å². The molecule has 1 saturated heterocycles. The fraction of sp³-hybridized carbons (Fsp3) is 0.536. The minimum atomic E-state index is 0.143. The zero-order valence-corrected chi connectivity index (χ0v) is 21.5. The summed E-state index contributed by atoms with van der Waals surface area (Å²) in [6.45, 7) is 6.31. The van der Waals surface area contributed by atoms with E-state index in [1.54, 1.807) is 11.8 Å². The van der Waals surface area contributed by atoms with Crippen LogP contribution in [0.3, 0.4) is 0 Å². The number of nitrogens with zero attached hydrogens (tertiary/aromatic N) is 4. The molecular weight excluding hydrogens is 440 g/mol. The van der Waals surface area contributed by atoms with Crippen molar-refractivity contribution in [2.45, 2.75) is 97.1 Å². The maximum absolute atomic E-state index is 13.7. The summed E-state index contributed by atoms with van der Waals surface area (Å²) in [5.74, 6) is 1.07. The molecule has 180 valence electrons. The molecule has 0 radical (unpaired) electrons. The van der Waals surface area contributed by atoms with E-state index < -0.39 is 0 Å². The molecule has 3 heterocycles. The molecule has 0 bridgehead atoms. The number of amides is 1. The average molecular weight is 477 g/mol. The van der Waals surface area contributed by atoms with Gasteiger partial charge < -0.3 is 4.57 Å². The number of aryl methyl sites for hydroxylation is 2. The van der Waals surface area contributed by atoms with Crippen LogP contribution < -0.4 is 0 Å². The highest BCUT2D eigenvalue weighted by molar-refractivity contribution is 8.18. The Morgan fingerprint density at radius 3 is 2.41 bits per heavy atom. The summed E-state index contributed by atoms with van der Waals surface area (Å²) < 4.78 is 2.18. The van der Waals surface area contributed by atoms with Crippen molar-refractivity contribution < 1.29 is 4.79 Å². The number of aromatic nitrogens is 2. The third-order valence-electron chi connectivity index (χ3n) is 7.53. The van der Waals surface area contributed by atoms with Gasteiger partial charge in [0, 0.05) is 23.6 Å². The standard InChI is InChI=1S/C28H36N4OS/c1-19-14-15-29-26(16-19)31-20(2)17-22(21(31)3)18-25-27(33)32(24-12-8-5-9-13-24)28(34-25)30-23-10-6-4-7-11-23/h14-18,23-24H,4-13H2,1-3H3. The van der Waals surface area contributed by atoms with Gasteiger partial charge in [-0.05, 0) is 93.6 Å². The van der Waals surface area contributed by atoms with Gasteiger partial charge in [-0.3, -0.25) is 14.7 Å². The highest BCUT2D eigenvalue weighted by Crippen LogP contribution is 2.39. The van der Waals surface area contributed by atoms with Gasteiger partial charge in [-0.15, -0.1) is 0 Å². The molecule has 3 aliphatic rings. The lowest BCUT2D eigenvalue weighted by Gasteiger charge is -2.31. The van der Waals surface area contributed by atoms with E-state index >= 15 is 0 Å². The SMILES string of the molecule is Cc1ccnc(-n2c(C)cc(C=C3SC(=NC4CCCCC4)N(C4CCCCC4)C3=O)c2C)c1. The first-order valence-corrected chi connectivity index (χ1v) is 13.8. The number of hydrogen-bond acceptors (Lipinski definition) is 4. The molecule has 1 aliphatic heterocycles. The Labute approximate surface area is 207 Å². The van der Waals surface area contributed by atoms with E-state index in [-0.39, 0.29) is 5.91 Å². The number of amidine groups is 1. The maximum atomic E-state index is 13.7. The summed E-state index contributed by atoms with van der Waals surface area (Å²) in [5.41, 5.74) is 4.50. The summed E-state index contributed by atoms with van der Waals surface area (Å²) in [6.07, 6.45) is 16.0. The average Bonchev–Trinajstić information content (AvgIpc) is 3.29. The summed E-state index contributed by atoms with van der Waals surface area (Å²) in [5, 5.41) is 0.948. The first kappa shape index (κ1) is 23.4. The van der Waals surface area contributed by atoms with Gasteiger partial charge in [0.1, 0.15) is 5.82 Å². The Morgan fingerprint density at radius 1 is 1.00 bits per heavy atom. The van der Waals surface area contributed by atoms with Crippen molar-refractivity contribution in [3.8, 4) is 5.82 Å². The predicted octanol–water partition coefficient (Wildman–Crippen LogP) is 6.74. The molecule has 0 atom stereocenters. The molecule has 1 amide bonds. The zero-order valence-electron chi connectivity index (χ0n) is 20.7. The summed E-state index contributed by atoms with van der Waals surface area (Å²) in [6, 6.07) is 6.95. The monoisotopic (exact) mass is 476 g/mol. The number of thioether (sulfide) groups is 1. The zero-order chi connectivity index (χ0) is 23.7. The predicted molar refractivity (Wildman–Crippen MR) is 141 cm³/mol. The molecule has 0 unspecified atom stereocenters. The van der Waals surface area contributed by atoms with E-state index in [1.807, 2.05) is 12.3 Å². The number of pyridine rings is 1. The third kappa shape index (κ3) is 4.74. The van der Waals surface area contributed by atoms with Crippen molar-refractivity contribution >= 4 is 28.9 Å². The molecule has 2 saturated carbocycles. The van der Waals surface area contributed by atoms with Crippen molar-refractivity contribution in [1.29, 1.82) is 0 Å². The third-order valence-corrected chi connectivity index (χ3v) is 8.53. The molecule has 6 heteroatoms. The Balaban J connectivity index is 1.48. The number of carbonyl (C=O) groups excluding carboxylic acids is 1. The van der Waals surface area contributed by atoms with Crippen molar-refractivity contribution in [2.75, 3.05) is 0 Å². The van der Waals surface area contributed by atoms with E-state index in [4.69, 9.17) is 4.99 Å². The minimum absolute atomic E-state index is 0.143. The van der Waals surface area contributed by atoms with Gasteiger partial charge in [-0.2, -0.15) is 0 Å². The van der Waals surface area contributed by atoms with Crippen LogP contribution in [-0.4, -0.2) is 37.6 Å². The molecular formula is C28H36N4OS. The molecule has 0 aromatic carbocycles. The number of aliphatic imine (C=N–C) groups is 1. The fourth-order valence-electron chi connectivity index (χ4n) is 5.67. The van der Waals surface area contributed by atoms with Gasteiger partial charge in [-0.1, -0.05) is 38.5 Å². The van der Waals surface area contributed by atoms with Crippen LogP contribution in [0.2, 0.25) is 0 Å².